The molecule has 0 aliphatic carbocycles. The predicted octanol–water partition coefficient (Wildman–Crippen LogP) is 2.52. The molecule has 2 aliphatic heterocycles. The lowest BCUT2D eigenvalue weighted by atomic mass is 10.0. The minimum absolute atomic E-state index is 0.0385. The van der Waals surface area contributed by atoms with E-state index in [-0.39, 0.29) is 17.2 Å². The third-order valence-electron chi connectivity index (χ3n) is 5.14. The van der Waals surface area contributed by atoms with E-state index in [1.165, 1.54) is 0 Å². The summed E-state index contributed by atoms with van der Waals surface area (Å²) in [7, 11) is -3.25. The van der Waals surface area contributed by atoms with Crippen LogP contribution in [0.1, 0.15) is 6.42 Å². The molecule has 3 aromatic rings. The Morgan fingerprint density at radius 2 is 1.93 bits per heavy atom. The molecule has 2 aromatic carbocycles. The average molecular weight is 415 g/mol. The number of halogens is 1. The molecule has 3 heterocycles. The van der Waals surface area contributed by atoms with Crippen molar-refractivity contribution in [2.45, 2.75) is 12.1 Å². The van der Waals surface area contributed by atoms with E-state index in [1.807, 2.05) is 18.2 Å². The predicted molar refractivity (Wildman–Crippen MR) is 107 cm³/mol. The number of nitrogens with one attached hydrogen (secondary N) is 1. The molecule has 1 N–H and O–H groups in total. The Bertz CT molecular complexity index is 1270. The maximum Gasteiger partial charge on any atom is 0.300 e. The highest BCUT2D eigenvalue weighted by Gasteiger charge is 2.48. The molecule has 9 heteroatoms. The minimum atomic E-state index is -3.25. The smallest absolute Gasteiger partial charge is 0.300 e. The fraction of sp³-hybridized carbons (Fsp3) is 0.211. The van der Waals surface area contributed by atoms with Gasteiger partial charge in [-0.1, -0.05) is 41.9 Å². The van der Waals surface area contributed by atoms with Crippen molar-refractivity contribution in [2.75, 3.05) is 16.8 Å². The normalized spacial score (nSPS) is 21.8. The molecule has 0 bridgehead atoms. The van der Waals surface area contributed by atoms with Crippen molar-refractivity contribution in [1.82, 2.24) is 14.8 Å². The zero-order valence-electron chi connectivity index (χ0n) is 14.6. The number of nitrogens with zero attached hydrogens (tertiary/aromatic N) is 3. The van der Waals surface area contributed by atoms with Crippen LogP contribution in [0.2, 0.25) is 5.02 Å². The second-order valence-electron chi connectivity index (χ2n) is 7.06. The highest BCUT2D eigenvalue weighted by molar-refractivity contribution is 7.91. The maximum absolute atomic E-state index is 12.8. The number of hydrogen-bond acceptors (Lipinski definition) is 6. The monoisotopic (exact) mass is 414 g/mol. The van der Waals surface area contributed by atoms with Crippen LogP contribution in [0.3, 0.4) is 0 Å². The molecule has 0 radical (unpaired) electrons. The summed E-state index contributed by atoms with van der Waals surface area (Å²) in [5, 5.41) is 8.40. The van der Waals surface area contributed by atoms with Crippen LogP contribution in [0.15, 0.2) is 53.3 Å². The number of rotatable bonds is 1. The van der Waals surface area contributed by atoms with E-state index < -0.39 is 21.1 Å². The zero-order chi connectivity index (χ0) is 19.5. The lowest BCUT2D eigenvalue weighted by Crippen LogP contribution is -2.48. The van der Waals surface area contributed by atoms with E-state index in [4.69, 9.17) is 11.6 Å². The van der Waals surface area contributed by atoms with Crippen molar-refractivity contribution < 1.29 is 8.42 Å². The lowest BCUT2D eigenvalue weighted by Gasteiger charge is -2.38. The van der Waals surface area contributed by atoms with Crippen molar-refractivity contribution >= 4 is 27.1 Å². The Balaban J connectivity index is 1.81. The van der Waals surface area contributed by atoms with Crippen molar-refractivity contribution in [3.05, 3.63) is 63.9 Å². The number of benzene rings is 2. The van der Waals surface area contributed by atoms with Gasteiger partial charge in [0.15, 0.2) is 21.4 Å². The van der Waals surface area contributed by atoms with E-state index in [0.29, 0.717) is 34.1 Å². The van der Waals surface area contributed by atoms with Gasteiger partial charge in [-0.2, -0.15) is 10.1 Å². The number of aromatic nitrogens is 3. The first kappa shape index (κ1) is 17.4. The molecule has 1 aromatic heterocycles. The van der Waals surface area contributed by atoms with Crippen LogP contribution >= 0.6 is 11.6 Å². The van der Waals surface area contributed by atoms with E-state index >= 15 is 0 Å². The van der Waals surface area contributed by atoms with Gasteiger partial charge in [0.25, 0.3) is 5.56 Å². The summed E-state index contributed by atoms with van der Waals surface area (Å²) < 4.78 is 26.2. The van der Waals surface area contributed by atoms with Gasteiger partial charge >= 0.3 is 0 Å². The summed E-state index contributed by atoms with van der Waals surface area (Å²) in [6, 6.07) is 14.2. The molecule has 5 rings (SSSR count). The molecular weight excluding hydrogens is 400 g/mol. The van der Waals surface area contributed by atoms with E-state index in [2.05, 4.69) is 15.4 Å². The van der Waals surface area contributed by atoms with Crippen LogP contribution in [-0.4, -0.2) is 34.7 Å². The Labute approximate surface area is 165 Å². The summed E-state index contributed by atoms with van der Waals surface area (Å²) in [4.78, 5) is 17.0. The molecule has 1 atom stereocenters. The van der Waals surface area contributed by atoms with E-state index in [9.17, 15) is 13.2 Å². The lowest BCUT2D eigenvalue weighted by molar-refractivity contribution is 0.332. The molecule has 1 spiro atoms. The summed E-state index contributed by atoms with van der Waals surface area (Å²) in [6.07, 6.45) is 0.330. The first-order valence-electron chi connectivity index (χ1n) is 8.73. The first-order chi connectivity index (χ1) is 13.4. The highest BCUT2D eigenvalue weighted by Crippen LogP contribution is 2.42. The fourth-order valence-electron chi connectivity index (χ4n) is 3.85. The van der Waals surface area contributed by atoms with Gasteiger partial charge in [0.05, 0.1) is 11.5 Å². The highest BCUT2D eigenvalue weighted by atomic mass is 35.5. The maximum atomic E-state index is 12.8. The Kier molecular flexibility index (Phi) is 3.66. The van der Waals surface area contributed by atoms with Crippen molar-refractivity contribution in [2.24, 2.45) is 0 Å². The van der Waals surface area contributed by atoms with Gasteiger partial charge in [0.2, 0.25) is 0 Å². The van der Waals surface area contributed by atoms with Gasteiger partial charge in [0.1, 0.15) is 5.66 Å². The van der Waals surface area contributed by atoms with Crippen LogP contribution in [0, 0.1) is 0 Å². The molecule has 142 valence electrons. The van der Waals surface area contributed by atoms with Crippen LogP contribution < -0.4 is 10.9 Å². The van der Waals surface area contributed by atoms with Crippen LogP contribution in [-0.2, 0) is 15.5 Å². The summed E-state index contributed by atoms with van der Waals surface area (Å²) in [5.41, 5.74) is 0.651. The quantitative estimate of drug-likeness (QED) is 0.657. The zero-order valence-corrected chi connectivity index (χ0v) is 16.2. The van der Waals surface area contributed by atoms with Gasteiger partial charge in [0, 0.05) is 28.3 Å². The third kappa shape index (κ3) is 2.63. The molecule has 1 saturated heterocycles. The van der Waals surface area contributed by atoms with Crippen LogP contribution in [0.5, 0.6) is 0 Å². The van der Waals surface area contributed by atoms with Crippen LogP contribution in [0.4, 0.5) is 5.69 Å². The van der Waals surface area contributed by atoms with Gasteiger partial charge in [-0.15, -0.1) is 0 Å². The summed E-state index contributed by atoms with van der Waals surface area (Å²) >= 11 is 6.15. The Morgan fingerprint density at radius 3 is 2.64 bits per heavy atom. The number of fused-ring (bicyclic) bond motifs is 4. The minimum Gasteiger partial charge on any atom is -0.360 e. The molecule has 0 saturated carbocycles. The molecule has 2 aliphatic rings. The largest absolute Gasteiger partial charge is 0.360 e. The van der Waals surface area contributed by atoms with Crippen LogP contribution in [0.25, 0.3) is 22.6 Å². The fourth-order valence-corrected chi connectivity index (χ4v) is 5.88. The molecule has 0 unspecified atom stereocenters. The first-order valence-corrected chi connectivity index (χ1v) is 10.9. The van der Waals surface area contributed by atoms with Crippen molar-refractivity contribution in [3.63, 3.8) is 0 Å². The number of anilines is 1. The SMILES string of the molecule is O=c1nc2n(nc1-c1ccccc1)[C@@]1(CCS(=O)(=O)C1)Nc1ccc(Cl)cc1-2. The topological polar surface area (TPSA) is 93.9 Å². The standard InChI is InChI=1S/C19H15ClN4O3S/c20-13-6-7-15-14(10-13)17-21-18(25)16(12-4-2-1-3-5-12)23-24(17)19(22-15)8-9-28(26,27)11-19/h1-7,10,22H,8-9,11H2/t19-/m1/s1. The second-order valence-corrected chi connectivity index (χ2v) is 9.68. The van der Waals surface area contributed by atoms with Crippen molar-refractivity contribution in [1.29, 1.82) is 0 Å². The van der Waals surface area contributed by atoms with Crippen molar-refractivity contribution in [3.8, 4) is 22.6 Å². The Hall–Kier alpha value is -2.71. The summed E-state index contributed by atoms with van der Waals surface area (Å²) in [6.45, 7) is 0. The Morgan fingerprint density at radius 1 is 1.14 bits per heavy atom. The second kappa shape index (κ2) is 5.89. The number of hydrogen-bond donors (Lipinski definition) is 1. The number of sulfone groups is 1. The molecule has 0 amide bonds. The van der Waals surface area contributed by atoms with E-state index in [0.717, 1.165) is 0 Å². The van der Waals surface area contributed by atoms with Gasteiger partial charge in [-0.05, 0) is 18.2 Å². The molecule has 1 fully saturated rings. The van der Waals surface area contributed by atoms with E-state index in [1.54, 1.807) is 35.0 Å². The molecule has 7 nitrogen and oxygen atoms in total. The molecular formula is C19H15ClN4O3S. The average Bonchev–Trinajstić information content (AvgIpc) is 2.98. The summed E-state index contributed by atoms with van der Waals surface area (Å²) in [5.74, 6) is 0.232. The third-order valence-corrected chi connectivity index (χ3v) is 7.12. The van der Waals surface area contributed by atoms with Gasteiger partial charge in [-0.25, -0.2) is 13.1 Å². The molecule has 28 heavy (non-hydrogen) atoms. The van der Waals surface area contributed by atoms with Gasteiger partial charge in [-0.3, -0.25) is 4.79 Å². The van der Waals surface area contributed by atoms with Gasteiger partial charge < -0.3 is 5.32 Å².